The largest absolute Gasteiger partial charge is 0.382 e. The second-order valence-corrected chi connectivity index (χ2v) is 6.10. The van der Waals surface area contributed by atoms with Crippen LogP contribution in [-0.2, 0) is 12.0 Å². The number of nitrogens with two attached hydrogens (primary N) is 1. The maximum atomic E-state index is 6.11. The molecule has 0 saturated heterocycles. The SMILES string of the molecule is CCn1nccc1-c1nc(C(C)(C)C)n2ccnc(N)c12. The molecular weight excluding hydrogens is 264 g/mol. The van der Waals surface area contributed by atoms with E-state index in [-0.39, 0.29) is 5.41 Å². The summed E-state index contributed by atoms with van der Waals surface area (Å²) in [4.78, 5) is 9.07. The Balaban J connectivity index is 2.39. The van der Waals surface area contributed by atoms with E-state index in [0.29, 0.717) is 5.82 Å². The van der Waals surface area contributed by atoms with Crippen molar-refractivity contribution in [2.75, 3.05) is 5.73 Å². The minimum Gasteiger partial charge on any atom is -0.382 e. The predicted molar refractivity (Wildman–Crippen MR) is 83.0 cm³/mol. The van der Waals surface area contributed by atoms with Gasteiger partial charge in [-0.15, -0.1) is 0 Å². The van der Waals surface area contributed by atoms with Crippen LogP contribution in [0.3, 0.4) is 0 Å². The van der Waals surface area contributed by atoms with Gasteiger partial charge in [0.2, 0.25) is 0 Å². The molecule has 0 aliphatic rings. The van der Waals surface area contributed by atoms with Crippen LogP contribution >= 0.6 is 0 Å². The first-order valence-corrected chi connectivity index (χ1v) is 7.08. The summed E-state index contributed by atoms with van der Waals surface area (Å²) in [5, 5.41) is 4.33. The highest BCUT2D eigenvalue weighted by molar-refractivity contribution is 5.84. The van der Waals surface area contributed by atoms with Gasteiger partial charge < -0.3 is 5.73 Å². The second-order valence-electron chi connectivity index (χ2n) is 6.10. The van der Waals surface area contributed by atoms with Crippen molar-refractivity contribution in [3.63, 3.8) is 0 Å². The average molecular weight is 284 g/mol. The van der Waals surface area contributed by atoms with Gasteiger partial charge in [-0.2, -0.15) is 5.10 Å². The zero-order valence-electron chi connectivity index (χ0n) is 12.8. The Morgan fingerprint density at radius 2 is 2.00 bits per heavy atom. The van der Waals surface area contributed by atoms with Crippen LogP contribution in [0.1, 0.15) is 33.5 Å². The van der Waals surface area contributed by atoms with E-state index in [2.05, 4.69) is 37.8 Å². The summed E-state index contributed by atoms with van der Waals surface area (Å²) in [6.45, 7) is 9.26. The quantitative estimate of drug-likeness (QED) is 0.784. The molecule has 3 rings (SSSR count). The molecule has 0 spiro atoms. The van der Waals surface area contributed by atoms with Gasteiger partial charge in [-0.3, -0.25) is 9.08 Å². The Bertz CT molecular complexity index is 790. The van der Waals surface area contributed by atoms with Gasteiger partial charge in [0.25, 0.3) is 0 Å². The zero-order valence-corrected chi connectivity index (χ0v) is 12.8. The normalized spacial score (nSPS) is 12.2. The van der Waals surface area contributed by atoms with E-state index in [1.165, 1.54) is 0 Å². The highest BCUT2D eigenvalue weighted by Gasteiger charge is 2.25. The minimum atomic E-state index is -0.0912. The van der Waals surface area contributed by atoms with Gasteiger partial charge in [-0.1, -0.05) is 20.8 Å². The lowest BCUT2D eigenvalue weighted by molar-refractivity contribution is 0.543. The summed E-state index contributed by atoms with van der Waals surface area (Å²) in [5.74, 6) is 1.45. The van der Waals surface area contributed by atoms with E-state index in [9.17, 15) is 0 Å². The molecule has 3 aromatic heterocycles. The van der Waals surface area contributed by atoms with Crippen molar-refractivity contribution in [3.8, 4) is 11.4 Å². The maximum absolute atomic E-state index is 6.11. The number of hydrogen-bond acceptors (Lipinski definition) is 4. The molecule has 0 fully saturated rings. The van der Waals surface area contributed by atoms with E-state index in [0.717, 1.165) is 29.3 Å². The van der Waals surface area contributed by atoms with Crippen LogP contribution in [-0.4, -0.2) is 24.1 Å². The van der Waals surface area contributed by atoms with Gasteiger partial charge in [0.05, 0.1) is 5.69 Å². The molecule has 0 atom stereocenters. The number of hydrogen-bond donors (Lipinski definition) is 1. The van der Waals surface area contributed by atoms with Gasteiger partial charge in [0.15, 0.2) is 0 Å². The Morgan fingerprint density at radius 3 is 2.67 bits per heavy atom. The van der Waals surface area contributed by atoms with Crippen LogP contribution in [0.25, 0.3) is 16.9 Å². The van der Waals surface area contributed by atoms with Crippen molar-refractivity contribution in [3.05, 3.63) is 30.5 Å². The number of nitrogen functional groups attached to an aromatic ring is 1. The molecule has 3 aromatic rings. The van der Waals surface area contributed by atoms with Crippen LogP contribution in [0.2, 0.25) is 0 Å². The average Bonchev–Trinajstić information content (AvgIpc) is 3.01. The number of aryl methyl sites for hydroxylation is 1. The summed E-state index contributed by atoms with van der Waals surface area (Å²) in [5.41, 5.74) is 8.66. The number of fused-ring (bicyclic) bond motifs is 1. The molecule has 21 heavy (non-hydrogen) atoms. The number of nitrogens with zero attached hydrogens (tertiary/aromatic N) is 5. The summed E-state index contributed by atoms with van der Waals surface area (Å²) in [7, 11) is 0. The molecule has 0 saturated carbocycles. The molecule has 6 nitrogen and oxygen atoms in total. The third kappa shape index (κ3) is 2.07. The Kier molecular flexibility index (Phi) is 2.97. The standard InChI is InChI=1S/C15H20N6/c1-5-21-10(6-7-18-21)11-12-13(16)17-8-9-20(12)14(19-11)15(2,3)4/h6-9H,5H2,1-4H3,(H2,16,17). The zero-order chi connectivity index (χ0) is 15.2. The van der Waals surface area contributed by atoms with E-state index < -0.39 is 0 Å². The molecule has 2 N–H and O–H groups in total. The Hall–Kier alpha value is -2.37. The molecule has 0 unspecified atom stereocenters. The number of aromatic nitrogens is 5. The molecule has 0 amide bonds. The highest BCUT2D eigenvalue weighted by Crippen LogP contribution is 2.32. The molecule has 0 aliphatic carbocycles. The second kappa shape index (κ2) is 4.58. The molecular formula is C15H20N6. The van der Waals surface area contributed by atoms with Crippen molar-refractivity contribution >= 4 is 11.3 Å². The molecule has 3 heterocycles. The van der Waals surface area contributed by atoms with Gasteiger partial charge in [-0.05, 0) is 13.0 Å². The predicted octanol–water partition coefficient (Wildman–Crippen LogP) is 2.49. The van der Waals surface area contributed by atoms with Crippen molar-refractivity contribution < 1.29 is 0 Å². The minimum absolute atomic E-state index is 0.0912. The summed E-state index contributed by atoms with van der Waals surface area (Å²) >= 11 is 0. The van der Waals surface area contributed by atoms with Crippen molar-refractivity contribution in [1.82, 2.24) is 24.1 Å². The maximum Gasteiger partial charge on any atom is 0.150 e. The highest BCUT2D eigenvalue weighted by atomic mass is 15.3. The van der Waals surface area contributed by atoms with Crippen molar-refractivity contribution in [1.29, 1.82) is 0 Å². The third-order valence-electron chi connectivity index (χ3n) is 3.51. The van der Waals surface area contributed by atoms with E-state index >= 15 is 0 Å². The fourth-order valence-corrected chi connectivity index (χ4v) is 2.56. The topological polar surface area (TPSA) is 74.0 Å². The van der Waals surface area contributed by atoms with Crippen LogP contribution in [0.5, 0.6) is 0 Å². The van der Waals surface area contributed by atoms with Crippen LogP contribution in [0, 0.1) is 0 Å². The first kappa shape index (κ1) is 13.6. The lowest BCUT2D eigenvalue weighted by Crippen LogP contribution is -2.16. The lowest BCUT2D eigenvalue weighted by atomic mass is 9.96. The fraction of sp³-hybridized carbons (Fsp3) is 0.400. The van der Waals surface area contributed by atoms with Crippen LogP contribution in [0.15, 0.2) is 24.7 Å². The molecule has 0 radical (unpaired) electrons. The summed E-state index contributed by atoms with van der Waals surface area (Å²) in [6.07, 6.45) is 5.41. The third-order valence-corrected chi connectivity index (χ3v) is 3.51. The molecule has 0 aliphatic heterocycles. The van der Waals surface area contributed by atoms with Gasteiger partial charge in [0.1, 0.15) is 22.9 Å². The lowest BCUT2D eigenvalue weighted by Gasteiger charge is -2.16. The van der Waals surface area contributed by atoms with Crippen molar-refractivity contribution in [2.24, 2.45) is 0 Å². The van der Waals surface area contributed by atoms with Crippen LogP contribution in [0.4, 0.5) is 5.82 Å². The van der Waals surface area contributed by atoms with E-state index in [4.69, 9.17) is 10.7 Å². The first-order valence-electron chi connectivity index (χ1n) is 7.08. The number of anilines is 1. The van der Waals surface area contributed by atoms with E-state index in [1.54, 1.807) is 12.4 Å². The number of imidazole rings is 1. The fourth-order valence-electron chi connectivity index (χ4n) is 2.56. The van der Waals surface area contributed by atoms with Crippen molar-refractivity contribution in [2.45, 2.75) is 39.7 Å². The Morgan fingerprint density at radius 1 is 1.24 bits per heavy atom. The van der Waals surface area contributed by atoms with Gasteiger partial charge in [0, 0.05) is 30.6 Å². The van der Waals surface area contributed by atoms with E-state index in [1.807, 2.05) is 21.3 Å². The monoisotopic (exact) mass is 284 g/mol. The first-order chi connectivity index (χ1) is 9.93. The van der Waals surface area contributed by atoms with Gasteiger partial charge in [-0.25, -0.2) is 9.97 Å². The molecule has 0 bridgehead atoms. The summed E-state index contributed by atoms with van der Waals surface area (Å²) in [6, 6.07) is 1.96. The Labute approximate surface area is 123 Å². The smallest absolute Gasteiger partial charge is 0.150 e. The molecule has 6 heteroatoms. The van der Waals surface area contributed by atoms with Crippen LogP contribution < -0.4 is 5.73 Å². The summed E-state index contributed by atoms with van der Waals surface area (Å²) < 4.78 is 3.95. The molecule has 110 valence electrons. The van der Waals surface area contributed by atoms with Gasteiger partial charge >= 0.3 is 0 Å². The number of rotatable bonds is 2. The molecule has 0 aromatic carbocycles.